The Morgan fingerprint density at radius 3 is 2.91 bits per heavy atom. The van der Waals surface area contributed by atoms with Crippen LogP contribution in [0.15, 0.2) is 42.9 Å². The van der Waals surface area contributed by atoms with Gasteiger partial charge in [-0.25, -0.2) is 14.6 Å². The number of anilines is 1. The molecule has 1 N–H and O–H groups in total. The predicted molar refractivity (Wildman–Crippen MR) is 92.0 cm³/mol. The van der Waals surface area contributed by atoms with Gasteiger partial charge in [-0.2, -0.15) is 5.10 Å². The molecule has 0 aliphatic rings. The first-order valence-electron chi connectivity index (χ1n) is 7.61. The summed E-state index contributed by atoms with van der Waals surface area (Å²) in [6.07, 6.45) is 7.21. The van der Waals surface area contributed by atoms with Crippen LogP contribution in [0.3, 0.4) is 0 Å². The minimum absolute atomic E-state index is 0.643. The Labute approximate surface area is 134 Å². The molecule has 3 aromatic rings. The molecule has 6 nitrogen and oxygen atoms in total. The second kappa shape index (κ2) is 7.51. The molecule has 6 heteroatoms. The lowest BCUT2D eigenvalue weighted by atomic mass is 10.2. The summed E-state index contributed by atoms with van der Waals surface area (Å²) < 4.78 is 7.07. The standard InChI is InChI=1S/C17H19N5O/c1-2-23-11-9-18-16-15-12-21-22(17(15)20-13-19-16)10-8-14-6-4-3-5-7-14/h3-8,10,12-13H,2,9,11H2,1H3,(H,18,19,20)/b10-8+. The van der Waals surface area contributed by atoms with Gasteiger partial charge in [-0.3, -0.25) is 0 Å². The van der Waals surface area contributed by atoms with E-state index in [1.165, 1.54) is 0 Å². The topological polar surface area (TPSA) is 64.9 Å². The summed E-state index contributed by atoms with van der Waals surface area (Å²) in [5.74, 6) is 0.772. The van der Waals surface area contributed by atoms with E-state index in [9.17, 15) is 0 Å². The molecule has 3 rings (SSSR count). The molecule has 0 fully saturated rings. The first-order valence-corrected chi connectivity index (χ1v) is 7.61. The van der Waals surface area contributed by atoms with Crippen molar-refractivity contribution in [2.75, 3.05) is 25.1 Å². The predicted octanol–water partition coefficient (Wildman–Crippen LogP) is 2.90. The molecule has 0 radical (unpaired) electrons. The maximum Gasteiger partial charge on any atom is 0.167 e. The quantitative estimate of drug-likeness (QED) is 0.680. The number of nitrogens with zero attached hydrogens (tertiary/aromatic N) is 4. The molecule has 2 aromatic heterocycles. The van der Waals surface area contributed by atoms with E-state index in [1.807, 2.05) is 49.5 Å². The number of hydrogen-bond acceptors (Lipinski definition) is 5. The van der Waals surface area contributed by atoms with E-state index in [2.05, 4.69) is 20.4 Å². The summed E-state index contributed by atoms with van der Waals surface area (Å²) in [6.45, 7) is 4.03. The maximum absolute atomic E-state index is 5.32. The van der Waals surface area contributed by atoms with Crippen LogP contribution in [0.2, 0.25) is 0 Å². The van der Waals surface area contributed by atoms with Crippen molar-refractivity contribution in [2.24, 2.45) is 0 Å². The van der Waals surface area contributed by atoms with Crippen molar-refractivity contribution in [3.05, 3.63) is 48.4 Å². The van der Waals surface area contributed by atoms with E-state index in [0.29, 0.717) is 19.8 Å². The summed E-state index contributed by atoms with van der Waals surface area (Å²) in [5.41, 5.74) is 1.88. The van der Waals surface area contributed by atoms with Crippen LogP contribution in [0.4, 0.5) is 5.82 Å². The third-order valence-electron chi connectivity index (χ3n) is 3.34. The number of fused-ring (bicyclic) bond motifs is 1. The Balaban J connectivity index is 1.79. The molecule has 0 saturated heterocycles. The van der Waals surface area contributed by atoms with Gasteiger partial charge in [0.05, 0.1) is 18.2 Å². The van der Waals surface area contributed by atoms with Gasteiger partial charge in [0.25, 0.3) is 0 Å². The highest BCUT2D eigenvalue weighted by Gasteiger charge is 2.07. The molecule has 2 heterocycles. The zero-order valence-corrected chi connectivity index (χ0v) is 13.0. The van der Waals surface area contributed by atoms with E-state index in [0.717, 1.165) is 22.4 Å². The van der Waals surface area contributed by atoms with Gasteiger partial charge in [-0.1, -0.05) is 30.3 Å². The van der Waals surface area contributed by atoms with E-state index < -0.39 is 0 Å². The van der Waals surface area contributed by atoms with E-state index in [-0.39, 0.29) is 0 Å². The molecule has 0 aliphatic carbocycles. The molecular formula is C17H19N5O. The Bertz CT molecular complexity index is 782. The van der Waals surface area contributed by atoms with Crippen molar-refractivity contribution in [1.29, 1.82) is 0 Å². The summed E-state index contributed by atoms with van der Waals surface area (Å²) in [4.78, 5) is 8.61. The summed E-state index contributed by atoms with van der Waals surface area (Å²) in [6, 6.07) is 10.1. The highest BCUT2D eigenvalue weighted by atomic mass is 16.5. The average molecular weight is 309 g/mol. The van der Waals surface area contributed by atoms with Crippen molar-refractivity contribution in [1.82, 2.24) is 19.7 Å². The van der Waals surface area contributed by atoms with Crippen LogP contribution in [0.5, 0.6) is 0 Å². The molecule has 1 aromatic carbocycles. The van der Waals surface area contributed by atoms with Crippen LogP contribution in [-0.2, 0) is 4.74 Å². The van der Waals surface area contributed by atoms with Gasteiger partial charge in [-0.15, -0.1) is 0 Å². The Hall–Kier alpha value is -2.73. The zero-order chi connectivity index (χ0) is 15.9. The van der Waals surface area contributed by atoms with Gasteiger partial charge in [-0.05, 0) is 18.6 Å². The van der Waals surface area contributed by atoms with Crippen LogP contribution in [-0.4, -0.2) is 39.5 Å². The smallest absolute Gasteiger partial charge is 0.167 e. The normalized spacial score (nSPS) is 11.3. The molecule has 0 atom stereocenters. The van der Waals surface area contributed by atoms with Crippen molar-refractivity contribution < 1.29 is 4.74 Å². The number of nitrogens with one attached hydrogen (secondary N) is 1. The van der Waals surface area contributed by atoms with Crippen LogP contribution in [0, 0.1) is 0 Å². The van der Waals surface area contributed by atoms with Gasteiger partial charge in [0.2, 0.25) is 0 Å². The minimum Gasteiger partial charge on any atom is -0.380 e. The Kier molecular flexibility index (Phi) is 4.95. The minimum atomic E-state index is 0.643. The SMILES string of the molecule is CCOCCNc1ncnc2c1cnn2/C=C/c1ccccc1. The van der Waals surface area contributed by atoms with Crippen LogP contribution in [0.25, 0.3) is 23.3 Å². The number of rotatable bonds is 7. The first-order chi connectivity index (χ1) is 11.4. The van der Waals surface area contributed by atoms with Crippen LogP contribution in [0.1, 0.15) is 12.5 Å². The maximum atomic E-state index is 5.32. The second-order valence-electron chi connectivity index (χ2n) is 4.90. The fourth-order valence-electron chi connectivity index (χ4n) is 2.22. The number of benzene rings is 1. The lowest BCUT2D eigenvalue weighted by molar-refractivity contribution is 0.158. The van der Waals surface area contributed by atoms with Crippen molar-refractivity contribution in [2.45, 2.75) is 6.92 Å². The fourth-order valence-corrected chi connectivity index (χ4v) is 2.22. The molecule has 118 valence electrons. The van der Waals surface area contributed by atoms with Gasteiger partial charge < -0.3 is 10.1 Å². The molecule has 0 saturated carbocycles. The van der Waals surface area contributed by atoms with E-state index >= 15 is 0 Å². The highest BCUT2D eigenvalue weighted by Crippen LogP contribution is 2.18. The van der Waals surface area contributed by atoms with Gasteiger partial charge in [0, 0.05) is 19.4 Å². The largest absolute Gasteiger partial charge is 0.380 e. The first kappa shape index (κ1) is 15.2. The van der Waals surface area contributed by atoms with E-state index in [4.69, 9.17) is 4.74 Å². The third kappa shape index (κ3) is 3.73. The van der Waals surface area contributed by atoms with Gasteiger partial charge in [0.15, 0.2) is 5.65 Å². The molecule has 0 spiro atoms. The van der Waals surface area contributed by atoms with Crippen molar-refractivity contribution in [3.63, 3.8) is 0 Å². The number of hydrogen-bond donors (Lipinski definition) is 1. The summed E-state index contributed by atoms with van der Waals surface area (Å²) in [5, 5.41) is 8.52. The molecule has 0 bridgehead atoms. The Morgan fingerprint density at radius 2 is 2.09 bits per heavy atom. The summed E-state index contributed by atoms with van der Waals surface area (Å²) in [7, 11) is 0. The third-order valence-corrected chi connectivity index (χ3v) is 3.34. The Morgan fingerprint density at radius 1 is 1.22 bits per heavy atom. The van der Waals surface area contributed by atoms with Gasteiger partial charge >= 0.3 is 0 Å². The number of ether oxygens (including phenoxy) is 1. The fraction of sp³-hybridized carbons (Fsp3) is 0.235. The van der Waals surface area contributed by atoms with E-state index in [1.54, 1.807) is 17.2 Å². The molecular weight excluding hydrogens is 290 g/mol. The van der Waals surface area contributed by atoms with Gasteiger partial charge in [0.1, 0.15) is 12.1 Å². The lowest BCUT2D eigenvalue weighted by Gasteiger charge is -2.06. The second-order valence-corrected chi connectivity index (χ2v) is 4.90. The summed E-state index contributed by atoms with van der Waals surface area (Å²) >= 11 is 0. The number of aromatic nitrogens is 4. The lowest BCUT2D eigenvalue weighted by Crippen LogP contribution is -2.10. The van der Waals surface area contributed by atoms with Crippen molar-refractivity contribution >= 4 is 29.1 Å². The average Bonchev–Trinajstić information content (AvgIpc) is 3.02. The molecule has 0 amide bonds. The zero-order valence-electron chi connectivity index (χ0n) is 13.0. The monoisotopic (exact) mass is 309 g/mol. The molecule has 0 unspecified atom stereocenters. The van der Waals surface area contributed by atoms with Crippen molar-refractivity contribution in [3.8, 4) is 0 Å². The molecule has 0 aliphatic heterocycles. The molecule has 23 heavy (non-hydrogen) atoms. The van der Waals surface area contributed by atoms with Crippen LogP contribution >= 0.6 is 0 Å². The van der Waals surface area contributed by atoms with Crippen LogP contribution < -0.4 is 5.32 Å². The highest BCUT2D eigenvalue weighted by molar-refractivity contribution is 5.87.